The van der Waals surface area contributed by atoms with Crippen LogP contribution in [0, 0.1) is 0 Å². The summed E-state index contributed by atoms with van der Waals surface area (Å²) in [5.74, 6) is 0. The minimum absolute atomic E-state index is 0.500. The molecule has 0 bridgehead atoms. The van der Waals surface area contributed by atoms with E-state index in [0.29, 0.717) is 0 Å². The molecule has 1 spiro atoms. The maximum absolute atomic E-state index is 6.51. The first-order valence-electron chi connectivity index (χ1n) is 22.3. The Morgan fingerprint density at radius 1 is 0.250 bits per heavy atom. The van der Waals surface area contributed by atoms with Crippen LogP contribution in [0.4, 0.5) is 0 Å². The molecule has 0 aliphatic heterocycles. The van der Waals surface area contributed by atoms with Crippen molar-refractivity contribution in [2.75, 3.05) is 0 Å². The topological polar surface area (TPSA) is 13.1 Å². The predicted octanol–water partition coefficient (Wildman–Crippen LogP) is 17.0. The van der Waals surface area contributed by atoms with E-state index in [2.05, 4.69) is 218 Å². The Morgan fingerprint density at radius 3 is 1.42 bits per heavy atom. The van der Waals surface area contributed by atoms with Crippen molar-refractivity contribution in [3.8, 4) is 44.5 Å². The van der Waals surface area contributed by atoms with Crippen LogP contribution in [0.1, 0.15) is 22.3 Å². The van der Waals surface area contributed by atoms with Crippen molar-refractivity contribution in [1.82, 2.24) is 0 Å². The van der Waals surface area contributed by atoms with Gasteiger partial charge in [0.05, 0.1) is 5.41 Å². The summed E-state index contributed by atoms with van der Waals surface area (Å²) in [7, 11) is 0. The average Bonchev–Trinajstić information content (AvgIpc) is 3.98. The number of hydrogen-bond donors (Lipinski definition) is 0. The van der Waals surface area contributed by atoms with Gasteiger partial charge in [-0.3, -0.25) is 0 Å². The molecule has 1 heterocycles. The molecule has 2 aliphatic rings. The zero-order valence-corrected chi connectivity index (χ0v) is 34.7. The molecule has 1 nitrogen and oxygen atoms in total. The second-order valence-corrected chi connectivity index (χ2v) is 17.8. The van der Waals surface area contributed by atoms with Crippen LogP contribution in [0.3, 0.4) is 0 Å². The summed E-state index contributed by atoms with van der Waals surface area (Å²) in [5, 5.41) is 14.7. The van der Waals surface area contributed by atoms with Crippen LogP contribution in [0.2, 0.25) is 0 Å². The van der Waals surface area contributed by atoms with Crippen LogP contribution in [-0.4, -0.2) is 0 Å². The van der Waals surface area contributed by atoms with Crippen molar-refractivity contribution in [1.29, 1.82) is 0 Å². The van der Waals surface area contributed by atoms with E-state index < -0.39 is 5.41 Å². The molecule has 15 rings (SSSR count). The van der Waals surface area contributed by atoms with Gasteiger partial charge in [-0.15, -0.1) is 0 Å². The number of rotatable bonds is 2. The normalized spacial score (nSPS) is 13.4. The van der Waals surface area contributed by atoms with Gasteiger partial charge >= 0.3 is 0 Å². The molecule has 0 saturated heterocycles. The van der Waals surface area contributed by atoms with Crippen molar-refractivity contribution < 1.29 is 4.42 Å². The molecule has 0 saturated carbocycles. The lowest BCUT2D eigenvalue weighted by Crippen LogP contribution is -2.26. The van der Waals surface area contributed by atoms with E-state index in [-0.39, 0.29) is 0 Å². The number of fused-ring (bicyclic) bond motifs is 20. The van der Waals surface area contributed by atoms with E-state index >= 15 is 0 Å². The quantitative estimate of drug-likeness (QED) is 0.159. The summed E-state index contributed by atoms with van der Waals surface area (Å²) in [6, 6.07) is 81.8. The molecule has 0 fully saturated rings. The molecule has 0 atom stereocenters. The monoisotopic (exact) mass is 808 g/mol. The van der Waals surface area contributed by atoms with Gasteiger partial charge in [-0.1, -0.05) is 188 Å². The van der Waals surface area contributed by atoms with E-state index in [4.69, 9.17) is 4.42 Å². The zero-order chi connectivity index (χ0) is 41.7. The highest BCUT2D eigenvalue weighted by atomic mass is 16.3. The van der Waals surface area contributed by atoms with Gasteiger partial charge in [0.2, 0.25) is 0 Å². The van der Waals surface area contributed by atoms with E-state index in [1.807, 2.05) is 0 Å². The third-order valence-electron chi connectivity index (χ3n) is 14.8. The van der Waals surface area contributed by atoms with Gasteiger partial charge < -0.3 is 4.42 Å². The molecular weight excluding hydrogens is 773 g/mol. The van der Waals surface area contributed by atoms with Gasteiger partial charge in [-0.2, -0.15) is 0 Å². The Kier molecular flexibility index (Phi) is 6.67. The average molecular weight is 809 g/mol. The molecule has 0 amide bonds. The minimum atomic E-state index is -0.500. The Morgan fingerprint density at radius 2 is 0.750 bits per heavy atom. The summed E-state index contributed by atoms with van der Waals surface area (Å²) in [6.07, 6.45) is 0. The van der Waals surface area contributed by atoms with E-state index in [1.54, 1.807) is 0 Å². The molecule has 0 radical (unpaired) electrons. The molecule has 1 heteroatoms. The van der Waals surface area contributed by atoms with Gasteiger partial charge in [0.1, 0.15) is 11.2 Å². The van der Waals surface area contributed by atoms with Crippen LogP contribution >= 0.6 is 0 Å². The van der Waals surface area contributed by atoms with Crippen LogP contribution < -0.4 is 0 Å². The first-order chi connectivity index (χ1) is 31.8. The molecule has 64 heavy (non-hydrogen) atoms. The maximum Gasteiger partial charge on any atom is 0.136 e. The fraction of sp³-hybridized carbons (Fsp3) is 0.0159. The first kappa shape index (κ1) is 34.3. The first-order valence-corrected chi connectivity index (χ1v) is 22.3. The molecule has 1 aromatic heterocycles. The summed E-state index contributed by atoms with van der Waals surface area (Å²) in [4.78, 5) is 0. The molecule has 2 aliphatic carbocycles. The molecule has 0 N–H and O–H groups in total. The second kappa shape index (κ2) is 12.4. The van der Waals surface area contributed by atoms with Gasteiger partial charge in [-0.25, -0.2) is 0 Å². The smallest absolute Gasteiger partial charge is 0.136 e. The maximum atomic E-state index is 6.51. The fourth-order valence-electron chi connectivity index (χ4n) is 12.3. The highest BCUT2D eigenvalue weighted by molar-refractivity contribution is 6.26. The molecule has 13 aromatic rings. The fourth-order valence-corrected chi connectivity index (χ4v) is 12.3. The summed E-state index contributed by atoms with van der Waals surface area (Å²) in [5.41, 5.74) is 17.0. The summed E-state index contributed by atoms with van der Waals surface area (Å²) in [6.45, 7) is 0. The van der Waals surface area contributed by atoms with Gasteiger partial charge in [0, 0.05) is 10.8 Å². The third-order valence-corrected chi connectivity index (χ3v) is 14.8. The van der Waals surface area contributed by atoms with E-state index in [1.165, 1.54) is 121 Å². The Bertz CT molecular complexity index is 4100. The Labute approximate surface area is 369 Å². The van der Waals surface area contributed by atoms with Crippen molar-refractivity contribution in [2.45, 2.75) is 5.41 Å². The highest BCUT2D eigenvalue weighted by Gasteiger charge is 2.52. The largest absolute Gasteiger partial charge is 0.456 e. The van der Waals surface area contributed by atoms with Crippen LogP contribution in [0.5, 0.6) is 0 Å². The van der Waals surface area contributed by atoms with Crippen LogP contribution in [0.25, 0.3) is 120 Å². The zero-order valence-electron chi connectivity index (χ0n) is 34.7. The van der Waals surface area contributed by atoms with Crippen molar-refractivity contribution in [3.63, 3.8) is 0 Å². The van der Waals surface area contributed by atoms with Crippen molar-refractivity contribution >= 4 is 75.8 Å². The Balaban J connectivity index is 1.07. The second-order valence-electron chi connectivity index (χ2n) is 17.8. The van der Waals surface area contributed by atoms with Gasteiger partial charge in [0.25, 0.3) is 0 Å². The van der Waals surface area contributed by atoms with Crippen LogP contribution in [0.15, 0.2) is 223 Å². The third kappa shape index (κ3) is 4.29. The van der Waals surface area contributed by atoms with E-state index in [9.17, 15) is 0 Å². The Hall–Kier alpha value is -8.26. The predicted molar refractivity (Wildman–Crippen MR) is 268 cm³/mol. The number of hydrogen-bond acceptors (Lipinski definition) is 1. The molecular formula is C63H36O. The number of benzene rings is 12. The molecule has 0 unspecified atom stereocenters. The van der Waals surface area contributed by atoms with Gasteiger partial charge in [-0.05, 0) is 151 Å². The van der Waals surface area contributed by atoms with Crippen molar-refractivity contribution in [3.05, 3.63) is 241 Å². The SMILES string of the molecule is c1ccc2c(c1)-c1ccccc1C21c2ccc3ccccc3c2-c2c1cc(-c1c3ccccc3c(-c3ccc4oc5cc6ccccc6cc5c4c3)c3ccccc13)c1ccccc21. The summed E-state index contributed by atoms with van der Waals surface area (Å²) >= 11 is 0. The van der Waals surface area contributed by atoms with Crippen molar-refractivity contribution in [2.24, 2.45) is 0 Å². The van der Waals surface area contributed by atoms with E-state index in [0.717, 1.165) is 21.9 Å². The summed E-state index contributed by atoms with van der Waals surface area (Å²) < 4.78 is 6.51. The van der Waals surface area contributed by atoms with Gasteiger partial charge in [0.15, 0.2) is 0 Å². The highest BCUT2D eigenvalue weighted by Crippen LogP contribution is 2.65. The standard InChI is InChI=1S/C63H36O/c1-2-17-39-35-58-51(33-38(39)16-1)50-34-40(30-32-57(50)64-58)59-46-23-7-9-25-48(46)60(49-26-10-8-24-47(49)59)52-36-56-62(45-22-6-5-19-42(45)52)61-41-18-4-3-15-37(41)29-31-55(61)63(56)53-27-13-11-20-43(53)44-21-12-14-28-54(44)63/h1-36H. The molecule has 12 aromatic carbocycles. The lowest BCUT2D eigenvalue weighted by atomic mass is 9.69. The lowest BCUT2D eigenvalue weighted by Gasteiger charge is -2.31. The minimum Gasteiger partial charge on any atom is -0.456 e. The number of furan rings is 1. The van der Waals surface area contributed by atoms with Crippen LogP contribution in [-0.2, 0) is 5.41 Å². The lowest BCUT2D eigenvalue weighted by molar-refractivity contribution is 0.669. The molecule has 294 valence electrons.